The van der Waals surface area contributed by atoms with Crippen molar-refractivity contribution in [3.63, 3.8) is 0 Å². The number of carbonyl (C=O) groups excluding carboxylic acids is 1. The molecule has 162 valence electrons. The quantitative estimate of drug-likeness (QED) is 0.734. The topological polar surface area (TPSA) is 79.0 Å². The van der Waals surface area contributed by atoms with Crippen LogP contribution in [0.4, 0.5) is 11.4 Å². The molecule has 0 bridgehead atoms. The number of morpholine rings is 1. The van der Waals surface area contributed by atoms with E-state index in [9.17, 15) is 13.2 Å². The van der Waals surface area contributed by atoms with Crippen molar-refractivity contribution in [1.29, 1.82) is 0 Å². The first kappa shape index (κ1) is 21.3. The molecule has 7 nitrogen and oxygen atoms in total. The SMILES string of the molecule is O=C(Cc1ccsc1)Nc1cc(S(=O)(=O)N2CCCCC2)ccc1N1CCOCC1. The Hall–Kier alpha value is -1.94. The molecule has 2 saturated heterocycles. The molecular weight excluding hydrogens is 422 g/mol. The third-order valence-corrected chi connectivity index (χ3v) is 8.12. The Morgan fingerprint density at radius 3 is 2.53 bits per heavy atom. The predicted molar refractivity (Wildman–Crippen MR) is 119 cm³/mol. The maximum Gasteiger partial charge on any atom is 0.243 e. The second-order valence-corrected chi connectivity index (χ2v) is 10.3. The van der Waals surface area contributed by atoms with Crippen LogP contribution in [0.25, 0.3) is 0 Å². The maximum atomic E-state index is 13.2. The van der Waals surface area contributed by atoms with Crippen molar-refractivity contribution in [1.82, 2.24) is 4.31 Å². The van der Waals surface area contributed by atoms with Crippen molar-refractivity contribution in [3.05, 3.63) is 40.6 Å². The van der Waals surface area contributed by atoms with Crippen molar-refractivity contribution in [2.75, 3.05) is 49.6 Å². The number of carbonyl (C=O) groups is 1. The molecule has 2 aliphatic rings. The zero-order chi connectivity index (χ0) is 21.0. The van der Waals surface area contributed by atoms with Crippen molar-refractivity contribution in [2.45, 2.75) is 30.6 Å². The van der Waals surface area contributed by atoms with Crippen LogP contribution in [0.15, 0.2) is 39.9 Å². The van der Waals surface area contributed by atoms with E-state index in [1.807, 2.05) is 22.9 Å². The van der Waals surface area contributed by atoms with Crippen LogP contribution in [0.3, 0.4) is 0 Å². The molecule has 0 aliphatic carbocycles. The molecule has 0 saturated carbocycles. The van der Waals surface area contributed by atoms with Gasteiger partial charge in [0, 0.05) is 26.2 Å². The average Bonchev–Trinajstić information content (AvgIpc) is 3.28. The van der Waals surface area contributed by atoms with Gasteiger partial charge in [-0.25, -0.2) is 8.42 Å². The van der Waals surface area contributed by atoms with Crippen LogP contribution in [-0.2, 0) is 26.0 Å². The minimum atomic E-state index is -3.58. The van der Waals surface area contributed by atoms with E-state index in [-0.39, 0.29) is 17.2 Å². The molecular formula is C21H27N3O4S2. The fourth-order valence-electron chi connectivity index (χ4n) is 3.88. The van der Waals surface area contributed by atoms with Crippen molar-refractivity contribution in [3.8, 4) is 0 Å². The third kappa shape index (κ3) is 4.85. The smallest absolute Gasteiger partial charge is 0.243 e. The fourth-order valence-corrected chi connectivity index (χ4v) is 6.10. The summed E-state index contributed by atoms with van der Waals surface area (Å²) in [7, 11) is -3.58. The fraction of sp³-hybridized carbons (Fsp3) is 0.476. The molecule has 3 heterocycles. The van der Waals surface area contributed by atoms with Gasteiger partial charge in [-0.2, -0.15) is 15.6 Å². The highest BCUT2D eigenvalue weighted by atomic mass is 32.2. The molecule has 2 fully saturated rings. The number of sulfonamides is 1. The lowest BCUT2D eigenvalue weighted by Gasteiger charge is -2.31. The highest BCUT2D eigenvalue weighted by Gasteiger charge is 2.27. The van der Waals surface area contributed by atoms with E-state index in [4.69, 9.17) is 4.74 Å². The van der Waals surface area contributed by atoms with E-state index >= 15 is 0 Å². The van der Waals surface area contributed by atoms with Crippen molar-refractivity contribution in [2.24, 2.45) is 0 Å². The molecule has 1 aromatic heterocycles. The minimum absolute atomic E-state index is 0.157. The van der Waals surface area contributed by atoms with Crippen LogP contribution in [0.1, 0.15) is 24.8 Å². The van der Waals surface area contributed by atoms with Gasteiger partial charge in [0.2, 0.25) is 15.9 Å². The van der Waals surface area contributed by atoms with E-state index in [0.29, 0.717) is 45.1 Å². The summed E-state index contributed by atoms with van der Waals surface area (Å²) in [5, 5.41) is 6.84. The zero-order valence-electron chi connectivity index (χ0n) is 16.9. The lowest BCUT2D eigenvalue weighted by Crippen LogP contribution is -2.37. The van der Waals surface area contributed by atoms with Gasteiger partial charge in [0.25, 0.3) is 0 Å². The summed E-state index contributed by atoms with van der Waals surface area (Å²) in [6.45, 7) is 3.71. The number of nitrogens with one attached hydrogen (secondary N) is 1. The summed E-state index contributed by atoms with van der Waals surface area (Å²) in [6, 6.07) is 7.00. The minimum Gasteiger partial charge on any atom is -0.378 e. The number of ether oxygens (including phenoxy) is 1. The number of amides is 1. The number of hydrogen-bond donors (Lipinski definition) is 1. The normalized spacial score (nSPS) is 18.3. The summed E-state index contributed by atoms with van der Waals surface area (Å²) in [4.78, 5) is 15.0. The Bertz CT molecular complexity index is 964. The Kier molecular flexibility index (Phi) is 6.72. The van der Waals surface area contributed by atoms with Crippen molar-refractivity contribution >= 4 is 38.6 Å². The van der Waals surface area contributed by atoms with E-state index < -0.39 is 10.0 Å². The highest BCUT2D eigenvalue weighted by Crippen LogP contribution is 2.32. The Morgan fingerprint density at radius 1 is 1.07 bits per heavy atom. The number of thiophene rings is 1. The maximum absolute atomic E-state index is 13.2. The molecule has 1 amide bonds. The Morgan fingerprint density at radius 2 is 1.83 bits per heavy atom. The van der Waals surface area contributed by atoms with Crippen LogP contribution >= 0.6 is 11.3 Å². The molecule has 2 aliphatic heterocycles. The summed E-state index contributed by atoms with van der Waals surface area (Å²) in [5.41, 5.74) is 2.31. The van der Waals surface area contributed by atoms with E-state index in [0.717, 1.165) is 30.5 Å². The molecule has 1 N–H and O–H groups in total. The predicted octanol–water partition coefficient (Wildman–Crippen LogP) is 2.94. The number of benzene rings is 1. The number of nitrogens with zero attached hydrogens (tertiary/aromatic N) is 2. The van der Waals surface area contributed by atoms with Gasteiger partial charge in [0.1, 0.15) is 0 Å². The Labute approximate surface area is 181 Å². The number of hydrogen-bond acceptors (Lipinski definition) is 6. The molecule has 0 atom stereocenters. The summed E-state index contributed by atoms with van der Waals surface area (Å²) in [5.74, 6) is -0.157. The van der Waals surface area contributed by atoms with Gasteiger partial charge in [-0.15, -0.1) is 0 Å². The molecule has 4 rings (SSSR count). The lowest BCUT2D eigenvalue weighted by molar-refractivity contribution is -0.115. The van der Waals surface area contributed by atoms with Gasteiger partial charge < -0.3 is 15.0 Å². The molecule has 9 heteroatoms. The van der Waals surface area contributed by atoms with E-state index in [2.05, 4.69) is 10.2 Å². The largest absolute Gasteiger partial charge is 0.378 e. The first-order valence-corrected chi connectivity index (χ1v) is 12.7. The monoisotopic (exact) mass is 449 g/mol. The van der Waals surface area contributed by atoms with Gasteiger partial charge in [0.15, 0.2) is 0 Å². The summed E-state index contributed by atoms with van der Waals surface area (Å²) < 4.78 is 33.3. The first-order valence-electron chi connectivity index (χ1n) is 10.3. The molecule has 0 radical (unpaired) electrons. The van der Waals surface area contributed by atoms with E-state index in [1.165, 1.54) is 0 Å². The molecule has 1 aromatic carbocycles. The highest BCUT2D eigenvalue weighted by molar-refractivity contribution is 7.89. The average molecular weight is 450 g/mol. The first-order chi connectivity index (χ1) is 14.5. The lowest BCUT2D eigenvalue weighted by atomic mass is 10.2. The van der Waals surface area contributed by atoms with Crippen LogP contribution in [0.2, 0.25) is 0 Å². The second-order valence-electron chi connectivity index (χ2n) is 7.60. The molecule has 0 spiro atoms. The van der Waals surface area contributed by atoms with Crippen LogP contribution in [-0.4, -0.2) is 58.0 Å². The van der Waals surface area contributed by atoms with Gasteiger partial charge in [-0.05, 0) is 53.4 Å². The second kappa shape index (κ2) is 9.47. The van der Waals surface area contributed by atoms with Crippen LogP contribution in [0.5, 0.6) is 0 Å². The van der Waals surface area contributed by atoms with E-state index in [1.54, 1.807) is 27.8 Å². The van der Waals surface area contributed by atoms with Crippen LogP contribution in [0, 0.1) is 0 Å². The Balaban J connectivity index is 1.62. The summed E-state index contributed by atoms with van der Waals surface area (Å²) in [6.07, 6.45) is 3.09. The van der Waals surface area contributed by atoms with Gasteiger partial charge >= 0.3 is 0 Å². The van der Waals surface area contributed by atoms with Gasteiger partial charge in [-0.3, -0.25) is 4.79 Å². The molecule has 0 unspecified atom stereocenters. The molecule has 2 aromatic rings. The number of rotatable bonds is 6. The summed E-state index contributed by atoms with van der Waals surface area (Å²) >= 11 is 1.55. The van der Waals surface area contributed by atoms with Crippen molar-refractivity contribution < 1.29 is 17.9 Å². The number of anilines is 2. The van der Waals surface area contributed by atoms with Gasteiger partial charge in [0.05, 0.1) is 35.9 Å². The van der Waals surface area contributed by atoms with Gasteiger partial charge in [-0.1, -0.05) is 6.42 Å². The molecule has 30 heavy (non-hydrogen) atoms. The zero-order valence-corrected chi connectivity index (χ0v) is 18.5. The standard InChI is InChI=1S/C21H27N3O4S2/c25-21(14-17-6-13-29-16-17)22-19-15-18(30(26,27)24-7-2-1-3-8-24)4-5-20(19)23-9-11-28-12-10-23/h4-6,13,15-16H,1-3,7-12,14H2,(H,22,25). The third-order valence-electron chi connectivity index (χ3n) is 5.49. The van der Waals surface area contributed by atoms with Crippen LogP contribution < -0.4 is 10.2 Å². The number of piperidine rings is 1.